The van der Waals surface area contributed by atoms with E-state index in [9.17, 15) is 12.8 Å². The summed E-state index contributed by atoms with van der Waals surface area (Å²) in [5.74, 6) is 0.167. The Morgan fingerprint density at radius 3 is 2.78 bits per heavy atom. The zero-order chi connectivity index (χ0) is 16.6. The number of halogens is 1. The van der Waals surface area contributed by atoms with Gasteiger partial charge in [0.05, 0.1) is 11.4 Å². The van der Waals surface area contributed by atoms with Crippen molar-refractivity contribution < 1.29 is 17.5 Å². The van der Waals surface area contributed by atoms with Gasteiger partial charge in [-0.25, -0.2) is 12.8 Å². The van der Waals surface area contributed by atoms with Crippen LogP contribution in [0.2, 0.25) is 0 Å². The first-order valence-corrected chi connectivity index (χ1v) is 9.24. The van der Waals surface area contributed by atoms with Crippen LogP contribution < -0.4 is 10.5 Å². The molecule has 0 bridgehead atoms. The lowest BCUT2D eigenvalue weighted by atomic mass is 10.0. The maximum atomic E-state index is 13.8. The zero-order valence-electron chi connectivity index (χ0n) is 12.6. The Labute approximate surface area is 134 Å². The minimum Gasteiger partial charge on any atom is -0.488 e. The third-order valence-corrected chi connectivity index (χ3v) is 4.51. The normalized spacial score (nSPS) is 16.9. The number of sulfone groups is 1. The fourth-order valence-electron chi connectivity index (χ4n) is 2.69. The van der Waals surface area contributed by atoms with Gasteiger partial charge in [0.1, 0.15) is 17.7 Å². The number of benzene rings is 1. The van der Waals surface area contributed by atoms with Crippen LogP contribution in [0.25, 0.3) is 11.3 Å². The summed E-state index contributed by atoms with van der Waals surface area (Å²) in [6.07, 6.45) is 3.07. The molecule has 3 rings (SSSR count). The van der Waals surface area contributed by atoms with Gasteiger partial charge >= 0.3 is 0 Å². The fourth-order valence-corrected chi connectivity index (χ4v) is 3.46. The quantitative estimate of drug-likeness (QED) is 0.919. The van der Waals surface area contributed by atoms with Crippen LogP contribution in [0.15, 0.2) is 30.5 Å². The second kappa shape index (κ2) is 5.90. The molecular formula is C16H17FN2O3S. The first-order chi connectivity index (χ1) is 10.9. The van der Waals surface area contributed by atoms with Crippen LogP contribution in [0, 0.1) is 5.82 Å². The van der Waals surface area contributed by atoms with Gasteiger partial charge in [0.15, 0.2) is 9.84 Å². The molecule has 1 aromatic carbocycles. The van der Waals surface area contributed by atoms with Crippen molar-refractivity contribution in [3.05, 3.63) is 47.4 Å². The minimum absolute atomic E-state index is 0.0761. The van der Waals surface area contributed by atoms with Gasteiger partial charge in [0.25, 0.3) is 0 Å². The van der Waals surface area contributed by atoms with Crippen LogP contribution in [-0.4, -0.2) is 32.3 Å². The van der Waals surface area contributed by atoms with Crippen LogP contribution in [0.5, 0.6) is 5.75 Å². The van der Waals surface area contributed by atoms with E-state index in [4.69, 9.17) is 10.5 Å². The van der Waals surface area contributed by atoms with E-state index in [0.29, 0.717) is 35.5 Å². The lowest BCUT2D eigenvalue weighted by Crippen LogP contribution is -2.24. The monoisotopic (exact) mass is 336 g/mol. The molecule has 2 heterocycles. The highest BCUT2D eigenvalue weighted by atomic mass is 32.2. The molecule has 0 aliphatic carbocycles. The van der Waals surface area contributed by atoms with Gasteiger partial charge in [0, 0.05) is 36.5 Å². The molecule has 5 nitrogen and oxygen atoms in total. The van der Waals surface area contributed by atoms with Crippen molar-refractivity contribution in [3.63, 3.8) is 0 Å². The molecule has 0 spiro atoms. The summed E-state index contributed by atoms with van der Waals surface area (Å²) in [6, 6.07) is 6.17. The van der Waals surface area contributed by atoms with Crippen LogP contribution >= 0.6 is 0 Å². The summed E-state index contributed by atoms with van der Waals surface area (Å²) in [6.45, 7) is 0.358. The summed E-state index contributed by atoms with van der Waals surface area (Å²) in [5.41, 5.74) is 8.09. The van der Waals surface area contributed by atoms with Crippen LogP contribution in [0.4, 0.5) is 4.39 Å². The summed E-state index contributed by atoms with van der Waals surface area (Å²) < 4.78 is 42.3. The van der Waals surface area contributed by atoms with Crippen molar-refractivity contribution in [3.8, 4) is 17.0 Å². The third kappa shape index (κ3) is 3.51. The largest absolute Gasteiger partial charge is 0.488 e. The lowest BCUT2D eigenvalue weighted by molar-refractivity contribution is 0.242. The van der Waals surface area contributed by atoms with Gasteiger partial charge in [-0.05, 0) is 23.8 Å². The molecule has 2 N–H and O–H groups in total. The Kier molecular flexibility index (Phi) is 4.08. The first-order valence-electron chi connectivity index (χ1n) is 7.18. The van der Waals surface area contributed by atoms with Crippen molar-refractivity contribution in [2.45, 2.75) is 18.3 Å². The second-order valence-corrected chi connectivity index (χ2v) is 7.88. The molecule has 2 aromatic rings. The summed E-state index contributed by atoms with van der Waals surface area (Å²) in [4.78, 5) is 4.26. The molecular weight excluding hydrogens is 319 g/mol. The van der Waals surface area contributed by atoms with E-state index in [2.05, 4.69) is 4.98 Å². The predicted octanol–water partition coefficient (Wildman–Crippen LogP) is 1.69. The van der Waals surface area contributed by atoms with E-state index >= 15 is 0 Å². The topological polar surface area (TPSA) is 82.3 Å². The molecule has 7 heteroatoms. The molecule has 0 saturated carbocycles. The number of rotatable bonds is 4. The molecule has 0 amide bonds. The molecule has 122 valence electrons. The second-order valence-electron chi connectivity index (χ2n) is 5.74. The van der Waals surface area contributed by atoms with E-state index in [-0.39, 0.29) is 17.7 Å². The lowest BCUT2D eigenvalue weighted by Gasteiger charge is -2.11. The van der Waals surface area contributed by atoms with Gasteiger partial charge in [-0.2, -0.15) is 0 Å². The molecule has 0 saturated heterocycles. The zero-order valence-corrected chi connectivity index (χ0v) is 13.4. The molecule has 1 aliphatic rings. The van der Waals surface area contributed by atoms with Crippen molar-refractivity contribution in [2.75, 3.05) is 12.8 Å². The number of aromatic nitrogens is 1. The summed E-state index contributed by atoms with van der Waals surface area (Å²) >= 11 is 0. The highest BCUT2D eigenvalue weighted by Gasteiger charge is 2.26. The molecule has 23 heavy (non-hydrogen) atoms. The van der Waals surface area contributed by atoms with Gasteiger partial charge in [-0.15, -0.1) is 0 Å². The third-order valence-electron chi connectivity index (χ3n) is 3.66. The van der Waals surface area contributed by atoms with E-state index in [0.717, 1.165) is 5.56 Å². The molecule has 1 aromatic heterocycles. The van der Waals surface area contributed by atoms with E-state index in [1.165, 1.54) is 24.6 Å². The molecule has 1 atom stereocenters. The summed E-state index contributed by atoms with van der Waals surface area (Å²) in [5, 5.41) is 0. The van der Waals surface area contributed by atoms with Crippen LogP contribution in [0.1, 0.15) is 11.1 Å². The minimum atomic E-state index is -3.12. The number of ether oxygens (including phenoxy) is 1. The van der Waals surface area contributed by atoms with Gasteiger partial charge in [0.2, 0.25) is 0 Å². The first kappa shape index (κ1) is 15.9. The Balaban J connectivity index is 1.97. The molecule has 0 unspecified atom stereocenters. The molecule has 0 radical (unpaired) electrons. The van der Waals surface area contributed by atoms with E-state index in [1.807, 2.05) is 0 Å². The Morgan fingerprint density at radius 1 is 1.39 bits per heavy atom. The molecule has 0 fully saturated rings. The smallest absolute Gasteiger partial charge is 0.151 e. The highest BCUT2D eigenvalue weighted by molar-refractivity contribution is 7.89. The highest BCUT2D eigenvalue weighted by Crippen LogP contribution is 2.38. The SMILES string of the molecule is CS(=O)(=O)Cc1ccc(-c2cc(F)cc3c2O[C@@H](CN)C3)nc1. The van der Waals surface area contributed by atoms with Crippen molar-refractivity contribution >= 4 is 9.84 Å². The maximum Gasteiger partial charge on any atom is 0.151 e. The fraction of sp³-hybridized carbons (Fsp3) is 0.312. The average molecular weight is 336 g/mol. The predicted molar refractivity (Wildman–Crippen MR) is 85.4 cm³/mol. The Morgan fingerprint density at radius 2 is 2.17 bits per heavy atom. The number of pyridine rings is 1. The Bertz CT molecular complexity index is 835. The molecule has 1 aliphatic heterocycles. The number of fused-ring (bicyclic) bond motifs is 1. The standard InChI is InChI=1S/C16H17FN2O3S/c1-23(20,21)9-10-2-3-15(19-8-10)14-6-12(17)4-11-5-13(7-18)22-16(11)14/h2-4,6,8,13H,5,7,9,18H2,1H3/t13-/m1/s1. The maximum absolute atomic E-state index is 13.8. The van der Waals surface area contributed by atoms with Crippen molar-refractivity contribution in [2.24, 2.45) is 5.73 Å². The number of hydrogen-bond acceptors (Lipinski definition) is 5. The van der Waals surface area contributed by atoms with E-state index < -0.39 is 9.84 Å². The van der Waals surface area contributed by atoms with E-state index in [1.54, 1.807) is 12.1 Å². The van der Waals surface area contributed by atoms with Gasteiger partial charge < -0.3 is 10.5 Å². The van der Waals surface area contributed by atoms with Crippen LogP contribution in [-0.2, 0) is 22.0 Å². The Hall–Kier alpha value is -1.99. The van der Waals surface area contributed by atoms with Crippen molar-refractivity contribution in [1.82, 2.24) is 4.98 Å². The van der Waals surface area contributed by atoms with Crippen LogP contribution in [0.3, 0.4) is 0 Å². The number of nitrogens with zero attached hydrogens (tertiary/aromatic N) is 1. The van der Waals surface area contributed by atoms with Gasteiger partial charge in [-0.1, -0.05) is 6.07 Å². The van der Waals surface area contributed by atoms with Gasteiger partial charge in [-0.3, -0.25) is 4.98 Å². The van der Waals surface area contributed by atoms with Crippen molar-refractivity contribution in [1.29, 1.82) is 0 Å². The summed E-state index contributed by atoms with van der Waals surface area (Å²) in [7, 11) is -3.12. The number of hydrogen-bond donors (Lipinski definition) is 1. The number of nitrogens with two attached hydrogens (primary N) is 1. The average Bonchev–Trinajstić information content (AvgIpc) is 2.88.